The maximum Gasteiger partial charge on any atom is 0.308 e. The number of aliphatic hydroxyl groups excluding tert-OH is 2. The van der Waals surface area contributed by atoms with Crippen molar-refractivity contribution in [2.24, 2.45) is 0 Å². The van der Waals surface area contributed by atoms with E-state index in [9.17, 15) is 9.90 Å². The van der Waals surface area contributed by atoms with E-state index in [1.165, 1.54) is 0 Å². The Hall–Kier alpha value is -0.320. The van der Waals surface area contributed by atoms with Gasteiger partial charge >= 0.3 is 5.97 Å². The van der Waals surface area contributed by atoms with Crippen LogP contribution in [0.25, 0.3) is 0 Å². The molecule has 2 atom stereocenters. The number of halogens is 1. The molecule has 0 amide bonds. The smallest absolute Gasteiger partial charge is 0.308 e. The van der Waals surface area contributed by atoms with E-state index >= 15 is 0 Å². The minimum absolute atomic E-state index is 0.0470. The van der Waals surface area contributed by atoms with Crippen LogP contribution in [0.3, 0.4) is 0 Å². The van der Waals surface area contributed by atoms with Crippen LogP contribution in [0, 0.1) is 0 Å². The highest BCUT2D eigenvalue weighted by atomic mass is 35.5. The molecule has 15 heavy (non-hydrogen) atoms. The molecule has 0 radical (unpaired) electrons. The number of hydrogen-bond acceptors (Lipinski definition) is 4. The fourth-order valence-electron chi connectivity index (χ4n) is 1.04. The molecule has 0 heterocycles. The Morgan fingerprint density at radius 1 is 1.33 bits per heavy atom. The summed E-state index contributed by atoms with van der Waals surface area (Å²) in [7, 11) is 0. The van der Waals surface area contributed by atoms with Crippen LogP contribution >= 0.6 is 11.6 Å². The largest absolute Gasteiger partial charge is 0.460 e. The summed E-state index contributed by atoms with van der Waals surface area (Å²) < 4.78 is 5.01. The highest BCUT2D eigenvalue weighted by Crippen LogP contribution is 2.11. The molecule has 0 aliphatic carbocycles. The van der Waals surface area contributed by atoms with E-state index in [-0.39, 0.29) is 18.7 Å². The number of rotatable bonds is 5. The number of carbonyl (C=O) groups excluding carboxylic acids is 1. The average Bonchev–Trinajstić information content (AvgIpc) is 1.99. The van der Waals surface area contributed by atoms with Gasteiger partial charge in [-0.05, 0) is 20.8 Å². The topological polar surface area (TPSA) is 66.8 Å². The van der Waals surface area contributed by atoms with Crippen molar-refractivity contribution in [3.8, 4) is 0 Å². The van der Waals surface area contributed by atoms with Crippen LogP contribution in [-0.2, 0) is 9.53 Å². The molecule has 2 N–H and O–H groups in total. The highest BCUT2D eigenvalue weighted by Gasteiger charge is 2.20. The molecule has 0 aliphatic heterocycles. The van der Waals surface area contributed by atoms with Gasteiger partial charge in [0.2, 0.25) is 0 Å². The molecule has 0 aromatic carbocycles. The number of aliphatic hydroxyl groups is 2. The number of esters is 1. The maximum atomic E-state index is 11.2. The fourth-order valence-corrected chi connectivity index (χ4v) is 1.16. The first kappa shape index (κ1) is 14.7. The van der Waals surface area contributed by atoms with E-state index in [1.807, 2.05) is 0 Å². The van der Waals surface area contributed by atoms with E-state index in [4.69, 9.17) is 21.4 Å². The first-order chi connectivity index (χ1) is 6.74. The van der Waals surface area contributed by atoms with Crippen LogP contribution in [0.4, 0.5) is 0 Å². The molecule has 0 unspecified atom stereocenters. The molecule has 0 rings (SSSR count). The molecule has 0 aliphatic rings. The zero-order valence-corrected chi connectivity index (χ0v) is 10.1. The van der Waals surface area contributed by atoms with Crippen LogP contribution in [0.15, 0.2) is 0 Å². The Labute approximate surface area is 95.2 Å². The highest BCUT2D eigenvalue weighted by molar-refractivity contribution is 6.18. The van der Waals surface area contributed by atoms with Gasteiger partial charge in [-0.3, -0.25) is 4.79 Å². The lowest BCUT2D eigenvalue weighted by molar-refractivity contribution is -0.157. The van der Waals surface area contributed by atoms with Crippen molar-refractivity contribution in [1.29, 1.82) is 0 Å². The van der Waals surface area contributed by atoms with Crippen molar-refractivity contribution in [3.63, 3.8) is 0 Å². The van der Waals surface area contributed by atoms with Crippen molar-refractivity contribution >= 4 is 17.6 Å². The third-order valence-electron chi connectivity index (χ3n) is 1.54. The van der Waals surface area contributed by atoms with Gasteiger partial charge in [-0.15, -0.1) is 11.6 Å². The lowest BCUT2D eigenvalue weighted by Gasteiger charge is -2.21. The second-order valence-corrected chi connectivity index (χ2v) is 4.80. The average molecular weight is 239 g/mol. The Balaban J connectivity index is 3.87. The summed E-state index contributed by atoms with van der Waals surface area (Å²) in [5.74, 6) is -0.428. The molecule has 90 valence electrons. The molecule has 0 saturated carbocycles. The fraction of sp³-hybridized carbons (Fsp3) is 0.900. The summed E-state index contributed by atoms with van der Waals surface area (Å²) in [4.78, 5) is 11.2. The minimum atomic E-state index is -0.909. The SMILES string of the molecule is CC(C)(C)OC(=O)C[C@@H](O)C[C@@H](O)CCl. The number of carbonyl (C=O) groups is 1. The maximum absolute atomic E-state index is 11.2. The zero-order valence-electron chi connectivity index (χ0n) is 9.36. The van der Waals surface area contributed by atoms with E-state index < -0.39 is 23.8 Å². The number of alkyl halides is 1. The second-order valence-electron chi connectivity index (χ2n) is 4.49. The normalized spacial score (nSPS) is 15.9. The van der Waals surface area contributed by atoms with Gasteiger partial charge in [-0.2, -0.15) is 0 Å². The predicted molar refractivity (Wildman–Crippen MR) is 57.8 cm³/mol. The van der Waals surface area contributed by atoms with Crippen molar-refractivity contribution in [2.75, 3.05) is 5.88 Å². The third kappa shape index (κ3) is 8.66. The van der Waals surface area contributed by atoms with E-state index in [0.29, 0.717) is 0 Å². The van der Waals surface area contributed by atoms with E-state index in [1.54, 1.807) is 20.8 Å². The van der Waals surface area contributed by atoms with Crippen molar-refractivity contribution < 1.29 is 19.7 Å². The summed E-state index contributed by atoms with van der Waals surface area (Å²) in [5.41, 5.74) is -0.554. The molecule has 0 aromatic rings. The van der Waals surface area contributed by atoms with Crippen LogP contribution in [0.2, 0.25) is 0 Å². The van der Waals surface area contributed by atoms with Crippen LogP contribution < -0.4 is 0 Å². The third-order valence-corrected chi connectivity index (χ3v) is 1.90. The lowest BCUT2D eigenvalue weighted by atomic mass is 10.1. The molecule has 5 heteroatoms. The Kier molecular flexibility index (Phi) is 6.17. The Morgan fingerprint density at radius 3 is 2.27 bits per heavy atom. The van der Waals surface area contributed by atoms with Crippen molar-refractivity contribution in [3.05, 3.63) is 0 Å². The monoisotopic (exact) mass is 238 g/mol. The summed E-state index contributed by atoms with van der Waals surface area (Å²) in [6.45, 7) is 5.26. The predicted octanol–water partition coefficient (Wildman–Crippen LogP) is 1.07. The summed E-state index contributed by atoms with van der Waals surface area (Å²) in [6.07, 6.45) is -1.73. The number of ether oxygens (including phenoxy) is 1. The number of hydrogen-bond donors (Lipinski definition) is 2. The van der Waals surface area contributed by atoms with Gasteiger partial charge in [0, 0.05) is 12.3 Å². The molecule has 0 aromatic heterocycles. The molecule has 0 saturated heterocycles. The summed E-state index contributed by atoms with van der Waals surface area (Å²) in [6, 6.07) is 0. The lowest BCUT2D eigenvalue weighted by Crippen LogP contribution is -2.28. The van der Waals surface area contributed by atoms with Gasteiger partial charge in [0.1, 0.15) is 5.60 Å². The summed E-state index contributed by atoms with van der Waals surface area (Å²) >= 11 is 5.36. The molecule has 0 fully saturated rings. The summed E-state index contributed by atoms with van der Waals surface area (Å²) in [5, 5.41) is 18.5. The zero-order chi connectivity index (χ0) is 12.1. The minimum Gasteiger partial charge on any atom is -0.460 e. The van der Waals surface area contributed by atoms with Crippen LogP contribution in [-0.4, -0.2) is 39.9 Å². The Bertz CT molecular complexity index is 200. The molecular weight excluding hydrogens is 220 g/mol. The van der Waals surface area contributed by atoms with Crippen molar-refractivity contribution in [1.82, 2.24) is 0 Å². The molecular formula is C10H19ClO4. The van der Waals surface area contributed by atoms with Gasteiger partial charge in [0.05, 0.1) is 18.6 Å². The van der Waals surface area contributed by atoms with Gasteiger partial charge in [-0.1, -0.05) is 0 Å². The van der Waals surface area contributed by atoms with Crippen molar-refractivity contribution in [2.45, 2.75) is 51.4 Å². The van der Waals surface area contributed by atoms with Gasteiger partial charge < -0.3 is 14.9 Å². The second kappa shape index (κ2) is 6.30. The van der Waals surface area contributed by atoms with Gasteiger partial charge in [0.15, 0.2) is 0 Å². The van der Waals surface area contributed by atoms with E-state index in [0.717, 1.165) is 0 Å². The van der Waals surface area contributed by atoms with Crippen LogP contribution in [0.1, 0.15) is 33.6 Å². The molecule has 0 spiro atoms. The first-order valence-corrected chi connectivity index (χ1v) is 5.42. The first-order valence-electron chi connectivity index (χ1n) is 4.88. The quantitative estimate of drug-likeness (QED) is 0.556. The molecule has 0 bridgehead atoms. The van der Waals surface area contributed by atoms with Gasteiger partial charge in [-0.25, -0.2) is 0 Å². The van der Waals surface area contributed by atoms with Gasteiger partial charge in [0.25, 0.3) is 0 Å². The Morgan fingerprint density at radius 2 is 1.87 bits per heavy atom. The molecule has 4 nitrogen and oxygen atoms in total. The standard InChI is InChI=1S/C10H19ClO4/c1-10(2,3)15-9(14)5-7(12)4-8(13)6-11/h7-8,12-13H,4-6H2,1-3H3/t7-,8+/m0/s1. The van der Waals surface area contributed by atoms with Crippen LogP contribution in [0.5, 0.6) is 0 Å². The van der Waals surface area contributed by atoms with E-state index in [2.05, 4.69) is 0 Å².